The van der Waals surface area contributed by atoms with Gasteiger partial charge in [-0.3, -0.25) is 14.6 Å². The lowest BCUT2D eigenvalue weighted by Gasteiger charge is -2.27. The number of fused-ring (bicyclic) bond motifs is 2. The third-order valence-electron chi connectivity index (χ3n) is 4.35. The fraction of sp³-hybridized carbons (Fsp3) is 0.0500. The SMILES string of the molecule is CN(C1=C(Cl)C(=O)c2ccccc2C1=O)c1cccc2cccnc12. The summed E-state index contributed by atoms with van der Waals surface area (Å²) in [7, 11) is 1.72. The van der Waals surface area contributed by atoms with Crippen LogP contribution in [0.4, 0.5) is 5.69 Å². The van der Waals surface area contributed by atoms with E-state index in [1.165, 1.54) is 0 Å². The summed E-state index contributed by atoms with van der Waals surface area (Å²) in [6, 6.07) is 16.2. The highest BCUT2D eigenvalue weighted by Gasteiger charge is 2.34. The zero-order valence-corrected chi connectivity index (χ0v) is 14.1. The standard InChI is InChI=1S/C20H13ClN2O2/c1-23(15-10-4-6-12-7-5-11-22-17(12)15)18-16(21)19(24)13-8-2-3-9-14(13)20(18)25/h2-11H,1H3. The number of Topliss-reactive ketones (excluding diaryl/α,β-unsaturated/α-hetero) is 2. The normalized spacial score (nSPS) is 14.0. The lowest BCUT2D eigenvalue weighted by Crippen LogP contribution is -2.30. The number of allylic oxidation sites excluding steroid dienone is 2. The van der Waals surface area contributed by atoms with E-state index in [1.807, 2.05) is 30.3 Å². The monoisotopic (exact) mass is 348 g/mol. The van der Waals surface area contributed by atoms with E-state index in [0.29, 0.717) is 16.8 Å². The number of hydrogen-bond donors (Lipinski definition) is 0. The minimum Gasteiger partial charge on any atom is -0.338 e. The molecule has 5 heteroatoms. The Hall–Kier alpha value is -2.98. The van der Waals surface area contributed by atoms with Crippen LogP contribution < -0.4 is 4.90 Å². The van der Waals surface area contributed by atoms with E-state index in [2.05, 4.69) is 4.98 Å². The predicted molar refractivity (Wildman–Crippen MR) is 98.1 cm³/mol. The number of ketones is 2. The van der Waals surface area contributed by atoms with E-state index in [-0.39, 0.29) is 22.3 Å². The molecular formula is C20H13ClN2O2. The molecule has 0 fully saturated rings. The van der Waals surface area contributed by atoms with Crippen LogP contribution in [0.25, 0.3) is 10.9 Å². The quantitative estimate of drug-likeness (QED) is 0.696. The van der Waals surface area contributed by atoms with Crippen LogP contribution in [-0.4, -0.2) is 23.6 Å². The number of para-hydroxylation sites is 1. The van der Waals surface area contributed by atoms with Crippen molar-refractivity contribution in [3.8, 4) is 0 Å². The largest absolute Gasteiger partial charge is 0.338 e. The summed E-state index contributed by atoms with van der Waals surface area (Å²) in [5.41, 5.74) is 2.33. The second kappa shape index (κ2) is 5.83. The third kappa shape index (κ3) is 2.34. The van der Waals surface area contributed by atoms with Gasteiger partial charge in [0.1, 0.15) is 10.7 Å². The third-order valence-corrected chi connectivity index (χ3v) is 4.70. The second-order valence-corrected chi connectivity index (χ2v) is 6.16. The number of nitrogens with zero attached hydrogens (tertiary/aromatic N) is 2. The summed E-state index contributed by atoms with van der Waals surface area (Å²) < 4.78 is 0. The van der Waals surface area contributed by atoms with Crippen molar-refractivity contribution >= 4 is 39.8 Å². The number of likely N-dealkylation sites (N-methyl/N-ethyl adjacent to an activating group) is 1. The number of benzene rings is 2. The van der Waals surface area contributed by atoms with Gasteiger partial charge in [0.2, 0.25) is 11.6 Å². The molecule has 0 aliphatic heterocycles. The van der Waals surface area contributed by atoms with Crippen molar-refractivity contribution in [2.45, 2.75) is 0 Å². The average Bonchev–Trinajstić information content (AvgIpc) is 2.66. The molecule has 0 radical (unpaired) electrons. The molecule has 0 saturated heterocycles. The number of carbonyl (C=O) groups is 2. The van der Waals surface area contributed by atoms with E-state index < -0.39 is 0 Å². The van der Waals surface area contributed by atoms with E-state index in [0.717, 1.165) is 10.9 Å². The van der Waals surface area contributed by atoms with E-state index >= 15 is 0 Å². The topological polar surface area (TPSA) is 50.3 Å². The molecular weight excluding hydrogens is 336 g/mol. The van der Waals surface area contributed by atoms with Gasteiger partial charge in [-0.15, -0.1) is 0 Å². The lowest BCUT2D eigenvalue weighted by molar-refractivity contribution is 0.0979. The molecule has 0 spiro atoms. The van der Waals surface area contributed by atoms with Crippen LogP contribution in [-0.2, 0) is 0 Å². The molecule has 1 heterocycles. The van der Waals surface area contributed by atoms with Crippen LogP contribution in [0.3, 0.4) is 0 Å². The zero-order chi connectivity index (χ0) is 17.6. The lowest BCUT2D eigenvalue weighted by atomic mass is 9.92. The Morgan fingerprint density at radius 1 is 0.880 bits per heavy atom. The van der Waals surface area contributed by atoms with Crippen molar-refractivity contribution in [2.75, 3.05) is 11.9 Å². The van der Waals surface area contributed by atoms with Gasteiger partial charge in [0.05, 0.1) is 11.2 Å². The molecule has 0 bridgehead atoms. The molecule has 4 nitrogen and oxygen atoms in total. The van der Waals surface area contributed by atoms with E-state index in [9.17, 15) is 9.59 Å². The highest BCUT2D eigenvalue weighted by Crippen LogP contribution is 2.34. The number of aromatic nitrogens is 1. The first-order valence-corrected chi connectivity index (χ1v) is 8.13. The van der Waals surface area contributed by atoms with Crippen LogP contribution >= 0.6 is 11.6 Å². The molecule has 122 valence electrons. The van der Waals surface area contributed by atoms with E-state index in [4.69, 9.17) is 11.6 Å². The van der Waals surface area contributed by atoms with Gasteiger partial charge < -0.3 is 4.90 Å². The minimum absolute atomic E-state index is 0.0702. The molecule has 0 atom stereocenters. The van der Waals surface area contributed by atoms with Crippen molar-refractivity contribution in [3.63, 3.8) is 0 Å². The van der Waals surface area contributed by atoms with Crippen molar-refractivity contribution in [1.29, 1.82) is 0 Å². The number of anilines is 1. The van der Waals surface area contributed by atoms with Crippen LogP contribution in [0.1, 0.15) is 20.7 Å². The number of rotatable bonds is 2. The molecule has 25 heavy (non-hydrogen) atoms. The molecule has 1 aliphatic carbocycles. The van der Waals surface area contributed by atoms with Gasteiger partial charge in [-0.2, -0.15) is 0 Å². The first-order chi connectivity index (χ1) is 12.1. The summed E-state index contributed by atoms with van der Waals surface area (Å²) in [5, 5.41) is 0.873. The molecule has 0 unspecified atom stereocenters. The van der Waals surface area contributed by atoms with Crippen LogP contribution in [0, 0.1) is 0 Å². The summed E-state index contributed by atoms with van der Waals surface area (Å²) in [6.45, 7) is 0. The van der Waals surface area contributed by atoms with Crippen molar-refractivity contribution < 1.29 is 9.59 Å². The van der Waals surface area contributed by atoms with Crippen LogP contribution in [0.15, 0.2) is 71.5 Å². The van der Waals surface area contributed by atoms with Gasteiger partial charge in [0.25, 0.3) is 0 Å². The van der Waals surface area contributed by atoms with Crippen molar-refractivity contribution in [1.82, 2.24) is 4.98 Å². The first-order valence-electron chi connectivity index (χ1n) is 7.75. The fourth-order valence-electron chi connectivity index (χ4n) is 3.11. The Balaban J connectivity index is 1.90. The number of hydrogen-bond acceptors (Lipinski definition) is 4. The molecule has 2 aromatic carbocycles. The Bertz CT molecular complexity index is 1070. The molecule has 0 saturated carbocycles. The van der Waals surface area contributed by atoms with Crippen molar-refractivity contribution in [3.05, 3.63) is 82.7 Å². The van der Waals surface area contributed by atoms with Gasteiger partial charge in [0.15, 0.2) is 0 Å². The van der Waals surface area contributed by atoms with Gasteiger partial charge in [-0.25, -0.2) is 0 Å². The fourth-order valence-corrected chi connectivity index (χ4v) is 3.43. The summed E-state index contributed by atoms with van der Waals surface area (Å²) >= 11 is 6.30. The Kier molecular flexibility index (Phi) is 3.62. The highest BCUT2D eigenvalue weighted by atomic mass is 35.5. The molecule has 1 aliphatic rings. The summed E-state index contributed by atoms with van der Waals surface area (Å²) in [4.78, 5) is 31.6. The maximum absolute atomic E-state index is 13.0. The molecule has 0 amide bonds. The Labute approximate surface area is 149 Å². The van der Waals surface area contributed by atoms with Gasteiger partial charge in [0, 0.05) is 29.8 Å². The number of halogens is 1. The predicted octanol–water partition coefficient (Wildman–Crippen LogP) is 4.20. The van der Waals surface area contributed by atoms with Crippen molar-refractivity contribution in [2.24, 2.45) is 0 Å². The molecule has 3 aromatic rings. The van der Waals surface area contributed by atoms with E-state index in [1.54, 1.807) is 42.4 Å². The molecule has 4 rings (SSSR count). The summed E-state index contributed by atoms with van der Waals surface area (Å²) in [6.07, 6.45) is 1.69. The number of pyridine rings is 1. The molecule has 1 aromatic heterocycles. The number of carbonyl (C=O) groups excluding carboxylic acids is 2. The second-order valence-electron chi connectivity index (χ2n) is 5.78. The van der Waals surface area contributed by atoms with Gasteiger partial charge >= 0.3 is 0 Å². The Morgan fingerprint density at radius 3 is 2.32 bits per heavy atom. The zero-order valence-electron chi connectivity index (χ0n) is 13.4. The average molecular weight is 349 g/mol. The maximum atomic E-state index is 13.0. The first kappa shape index (κ1) is 15.5. The van der Waals surface area contributed by atoms with Gasteiger partial charge in [-0.05, 0) is 12.1 Å². The summed E-state index contributed by atoms with van der Waals surface area (Å²) in [5.74, 6) is -0.609. The maximum Gasteiger partial charge on any atom is 0.211 e. The highest BCUT2D eigenvalue weighted by molar-refractivity contribution is 6.50. The van der Waals surface area contributed by atoms with Crippen LogP contribution in [0.2, 0.25) is 0 Å². The minimum atomic E-state index is -0.341. The van der Waals surface area contributed by atoms with Crippen LogP contribution in [0.5, 0.6) is 0 Å². The smallest absolute Gasteiger partial charge is 0.211 e. The Morgan fingerprint density at radius 2 is 1.56 bits per heavy atom. The molecule has 0 N–H and O–H groups in total. The van der Waals surface area contributed by atoms with Gasteiger partial charge in [-0.1, -0.05) is 54.1 Å².